The molecule has 0 saturated heterocycles. The van der Waals surface area contributed by atoms with Crippen LogP contribution in [0.2, 0.25) is 0 Å². The molecule has 0 radical (unpaired) electrons. The van der Waals surface area contributed by atoms with Gasteiger partial charge in [-0.15, -0.1) is 0 Å². The fourth-order valence-corrected chi connectivity index (χ4v) is 3.14. The van der Waals surface area contributed by atoms with Crippen molar-refractivity contribution in [1.82, 2.24) is 0 Å². The molecule has 0 amide bonds. The van der Waals surface area contributed by atoms with Crippen molar-refractivity contribution in [2.24, 2.45) is 0 Å². The number of anilines is 1. The average molecular weight is 323 g/mol. The molecule has 1 aliphatic heterocycles. The minimum atomic E-state index is -3.83. The molecule has 1 N–H and O–H groups in total. The number of rotatable bonds is 3. The van der Waals surface area contributed by atoms with E-state index in [-0.39, 0.29) is 10.6 Å². The van der Waals surface area contributed by atoms with E-state index >= 15 is 0 Å². The third-order valence-electron chi connectivity index (χ3n) is 3.11. The number of halogens is 1. The van der Waals surface area contributed by atoms with Crippen LogP contribution in [0.15, 0.2) is 47.4 Å². The molecule has 0 atom stereocenters. The van der Waals surface area contributed by atoms with Gasteiger partial charge in [0.2, 0.25) is 0 Å². The third-order valence-corrected chi connectivity index (χ3v) is 4.49. The molecule has 3 rings (SSSR count). The van der Waals surface area contributed by atoms with Crippen molar-refractivity contribution >= 4 is 15.7 Å². The monoisotopic (exact) mass is 323 g/mol. The maximum atomic E-state index is 13.1. The average Bonchev–Trinajstić information content (AvgIpc) is 2.71. The topological polar surface area (TPSA) is 64.6 Å². The van der Waals surface area contributed by atoms with Crippen LogP contribution in [0.4, 0.5) is 10.1 Å². The maximum Gasteiger partial charge on any atom is 0.262 e. The van der Waals surface area contributed by atoms with Gasteiger partial charge in [-0.1, -0.05) is 6.07 Å². The number of nitrogens with one attached hydrogen (secondary N) is 1. The highest BCUT2D eigenvalue weighted by Crippen LogP contribution is 2.32. The van der Waals surface area contributed by atoms with Crippen molar-refractivity contribution in [1.29, 1.82) is 0 Å². The van der Waals surface area contributed by atoms with Crippen LogP contribution in [0.5, 0.6) is 11.5 Å². The highest BCUT2D eigenvalue weighted by Gasteiger charge is 2.19. The minimum Gasteiger partial charge on any atom is -0.490 e. The zero-order chi connectivity index (χ0) is 15.6. The Bertz CT molecular complexity index is 792. The van der Waals surface area contributed by atoms with E-state index in [9.17, 15) is 12.8 Å². The predicted molar refractivity (Wildman–Crippen MR) is 79.3 cm³/mol. The highest BCUT2D eigenvalue weighted by atomic mass is 32.2. The summed E-state index contributed by atoms with van der Waals surface area (Å²) >= 11 is 0. The lowest BCUT2D eigenvalue weighted by molar-refractivity contribution is 0.297. The van der Waals surface area contributed by atoms with Gasteiger partial charge in [-0.05, 0) is 30.3 Å². The van der Waals surface area contributed by atoms with E-state index in [4.69, 9.17) is 9.47 Å². The van der Waals surface area contributed by atoms with Crippen LogP contribution >= 0.6 is 0 Å². The van der Waals surface area contributed by atoms with E-state index in [2.05, 4.69) is 4.72 Å². The summed E-state index contributed by atoms with van der Waals surface area (Å²) in [5.41, 5.74) is 0.159. The quantitative estimate of drug-likeness (QED) is 0.943. The Morgan fingerprint density at radius 1 is 1.00 bits per heavy atom. The summed E-state index contributed by atoms with van der Waals surface area (Å²) in [6.45, 7) is 0.995. The Morgan fingerprint density at radius 2 is 1.77 bits per heavy atom. The van der Waals surface area contributed by atoms with Gasteiger partial charge in [-0.25, -0.2) is 12.8 Å². The summed E-state index contributed by atoms with van der Waals surface area (Å²) in [4.78, 5) is 0.0287. The first-order chi connectivity index (χ1) is 10.5. The molecule has 5 nitrogen and oxygen atoms in total. The lowest BCUT2D eigenvalue weighted by Gasteiger charge is -2.11. The van der Waals surface area contributed by atoms with E-state index < -0.39 is 15.8 Å². The minimum absolute atomic E-state index is 0.0287. The molecule has 7 heteroatoms. The molecule has 2 aromatic rings. The molecular formula is C15H14FNO4S. The molecule has 2 aromatic carbocycles. The second kappa shape index (κ2) is 5.84. The van der Waals surface area contributed by atoms with Crippen molar-refractivity contribution in [3.63, 3.8) is 0 Å². The van der Waals surface area contributed by atoms with E-state index in [1.165, 1.54) is 30.3 Å². The molecular weight excluding hydrogens is 309 g/mol. The summed E-state index contributed by atoms with van der Waals surface area (Å²) in [7, 11) is -3.83. The van der Waals surface area contributed by atoms with Gasteiger partial charge in [-0.2, -0.15) is 0 Å². The highest BCUT2D eigenvalue weighted by molar-refractivity contribution is 7.92. The van der Waals surface area contributed by atoms with Crippen molar-refractivity contribution < 1.29 is 22.3 Å². The van der Waals surface area contributed by atoms with E-state index in [1.807, 2.05) is 0 Å². The smallest absolute Gasteiger partial charge is 0.262 e. The molecule has 0 aromatic heterocycles. The summed E-state index contributed by atoms with van der Waals surface area (Å²) in [5, 5.41) is 0. The van der Waals surface area contributed by atoms with Crippen molar-refractivity contribution in [2.45, 2.75) is 11.3 Å². The van der Waals surface area contributed by atoms with Gasteiger partial charge in [0.25, 0.3) is 10.0 Å². The molecule has 1 heterocycles. The van der Waals surface area contributed by atoms with E-state index in [0.717, 1.165) is 12.5 Å². The SMILES string of the molecule is O=S(=O)(Nc1cccc(F)c1)c1ccc2c(c1)OCCCO2. The summed E-state index contributed by atoms with van der Waals surface area (Å²) in [6.07, 6.45) is 0.734. The van der Waals surface area contributed by atoms with Gasteiger partial charge >= 0.3 is 0 Å². The Labute approximate surface area is 127 Å². The molecule has 22 heavy (non-hydrogen) atoms. The third kappa shape index (κ3) is 3.14. The van der Waals surface area contributed by atoms with E-state index in [0.29, 0.717) is 24.7 Å². The number of benzene rings is 2. The standard InChI is InChI=1S/C15H14FNO4S/c16-11-3-1-4-12(9-11)17-22(18,19)13-5-6-14-15(10-13)21-8-2-7-20-14/h1,3-6,9-10,17H,2,7-8H2. The van der Waals surface area contributed by atoms with Gasteiger partial charge in [0.1, 0.15) is 5.82 Å². The molecule has 0 saturated carbocycles. The Morgan fingerprint density at radius 3 is 2.55 bits per heavy atom. The van der Waals surface area contributed by atoms with Gasteiger partial charge < -0.3 is 9.47 Å². The molecule has 0 unspecified atom stereocenters. The number of hydrogen-bond acceptors (Lipinski definition) is 4. The molecule has 1 aliphatic rings. The first-order valence-electron chi connectivity index (χ1n) is 6.73. The zero-order valence-corrected chi connectivity index (χ0v) is 12.4. The molecule has 0 fully saturated rings. The van der Waals surface area contributed by atoms with Crippen molar-refractivity contribution in [3.05, 3.63) is 48.3 Å². The second-order valence-corrected chi connectivity index (χ2v) is 6.46. The van der Waals surface area contributed by atoms with Crippen LogP contribution in [0.3, 0.4) is 0 Å². The molecule has 0 spiro atoms. The molecule has 116 valence electrons. The summed E-state index contributed by atoms with van der Waals surface area (Å²) in [5.74, 6) is 0.390. The Balaban J connectivity index is 1.90. The number of hydrogen-bond donors (Lipinski definition) is 1. The fraction of sp³-hybridized carbons (Fsp3) is 0.200. The number of ether oxygens (including phenoxy) is 2. The lowest BCUT2D eigenvalue weighted by Crippen LogP contribution is -2.13. The van der Waals surface area contributed by atoms with Crippen LogP contribution in [0, 0.1) is 5.82 Å². The summed E-state index contributed by atoms with van der Waals surface area (Å²) < 4.78 is 51.1. The summed E-state index contributed by atoms with van der Waals surface area (Å²) in [6, 6.07) is 9.65. The Hall–Kier alpha value is -2.28. The first kappa shape index (κ1) is 14.6. The number of fused-ring (bicyclic) bond motifs is 1. The van der Waals surface area contributed by atoms with Crippen LogP contribution < -0.4 is 14.2 Å². The van der Waals surface area contributed by atoms with Crippen LogP contribution in [-0.4, -0.2) is 21.6 Å². The van der Waals surface area contributed by atoms with Crippen LogP contribution in [-0.2, 0) is 10.0 Å². The zero-order valence-electron chi connectivity index (χ0n) is 11.6. The molecule has 0 aliphatic carbocycles. The van der Waals surface area contributed by atoms with Crippen molar-refractivity contribution in [3.8, 4) is 11.5 Å². The van der Waals surface area contributed by atoms with Gasteiger partial charge in [0.15, 0.2) is 11.5 Å². The second-order valence-electron chi connectivity index (χ2n) is 4.77. The fourth-order valence-electron chi connectivity index (χ4n) is 2.08. The van der Waals surface area contributed by atoms with E-state index in [1.54, 1.807) is 6.07 Å². The molecule has 0 bridgehead atoms. The van der Waals surface area contributed by atoms with Gasteiger partial charge in [-0.3, -0.25) is 4.72 Å². The number of sulfonamides is 1. The van der Waals surface area contributed by atoms with Crippen LogP contribution in [0.25, 0.3) is 0 Å². The maximum absolute atomic E-state index is 13.1. The van der Waals surface area contributed by atoms with Crippen LogP contribution in [0.1, 0.15) is 6.42 Å². The Kier molecular flexibility index (Phi) is 3.89. The normalized spacial score (nSPS) is 14.2. The predicted octanol–water partition coefficient (Wildman–Crippen LogP) is 2.79. The van der Waals surface area contributed by atoms with Gasteiger partial charge in [0, 0.05) is 12.5 Å². The van der Waals surface area contributed by atoms with Gasteiger partial charge in [0.05, 0.1) is 23.8 Å². The van der Waals surface area contributed by atoms with Crippen molar-refractivity contribution in [2.75, 3.05) is 17.9 Å². The lowest BCUT2D eigenvalue weighted by atomic mass is 10.3. The first-order valence-corrected chi connectivity index (χ1v) is 8.21. The largest absolute Gasteiger partial charge is 0.490 e.